The number of thiazole rings is 1. The fourth-order valence-electron chi connectivity index (χ4n) is 2.01. The fraction of sp³-hybridized carbons (Fsp3) is 0.188. The van der Waals surface area contributed by atoms with Gasteiger partial charge in [0.15, 0.2) is 0 Å². The second-order valence-electron chi connectivity index (χ2n) is 5.07. The number of aromatic nitrogens is 3. The molecule has 0 fully saturated rings. The van der Waals surface area contributed by atoms with E-state index in [4.69, 9.17) is 0 Å². The zero-order chi connectivity index (χ0) is 16.1. The van der Waals surface area contributed by atoms with Crippen molar-refractivity contribution >= 4 is 23.1 Å². The van der Waals surface area contributed by atoms with Gasteiger partial charge in [0.25, 0.3) is 0 Å². The van der Waals surface area contributed by atoms with Gasteiger partial charge in [0, 0.05) is 36.4 Å². The molecular formula is C16H17N5OS. The number of hydrogen-bond acceptors (Lipinski definition) is 4. The predicted octanol–water partition coefficient (Wildman–Crippen LogP) is 3.00. The standard InChI is InChI=1S/C16H17N5OS/c1-12-3-5-13(6-4-12)19-15(22)17-9-7-14-11-23-16(20-14)21-10-2-8-18-21/h2-6,8,10-11H,7,9H2,1H3,(H2,17,19,22). The van der Waals surface area contributed by atoms with E-state index in [1.165, 1.54) is 11.3 Å². The SMILES string of the molecule is Cc1ccc(NC(=O)NCCc2csc(-n3cccn3)n2)cc1. The molecule has 118 valence electrons. The third kappa shape index (κ3) is 4.17. The Balaban J connectivity index is 1.46. The molecule has 23 heavy (non-hydrogen) atoms. The minimum atomic E-state index is -0.212. The molecule has 0 aliphatic rings. The van der Waals surface area contributed by atoms with Crippen molar-refractivity contribution in [3.8, 4) is 5.13 Å². The summed E-state index contributed by atoms with van der Waals surface area (Å²) in [5.41, 5.74) is 2.88. The molecule has 0 atom stereocenters. The third-order valence-corrected chi connectivity index (χ3v) is 4.10. The number of nitrogens with one attached hydrogen (secondary N) is 2. The van der Waals surface area contributed by atoms with Gasteiger partial charge in [-0.2, -0.15) is 5.10 Å². The van der Waals surface area contributed by atoms with Crippen LogP contribution in [0.3, 0.4) is 0 Å². The van der Waals surface area contributed by atoms with Gasteiger partial charge < -0.3 is 10.6 Å². The van der Waals surface area contributed by atoms with Gasteiger partial charge in [0.2, 0.25) is 5.13 Å². The molecule has 2 amide bonds. The first kappa shape index (κ1) is 15.2. The van der Waals surface area contributed by atoms with Crippen LogP contribution in [0.4, 0.5) is 10.5 Å². The average Bonchev–Trinajstić information content (AvgIpc) is 3.20. The van der Waals surface area contributed by atoms with E-state index in [2.05, 4.69) is 20.7 Å². The Morgan fingerprint density at radius 1 is 1.30 bits per heavy atom. The smallest absolute Gasteiger partial charge is 0.319 e. The maximum absolute atomic E-state index is 11.8. The summed E-state index contributed by atoms with van der Waals surface area (Å²) in [6, 6.07) is 9.33. The highest BCUT2D eigenvalue weighted by molar-refractivity contribution is 7.12. The van der Waals surface area contributed by atoms with Crippen molar-refractivity contribution in [1.29, 1.82) is 0 Å². The molecular weight excluding hydrogens is 310 g/mol. The van der Waals surface area contributed by atoms with Crippen LogP contribution in [0.2, 0.25) is 0 Å². The van der Waals surface area contributed by atoms with Crippen LogP contribution in [0.5, 0.6) is 0 Å². The molecule has 2 N–H and O–H groups in total. The zero-order valence-electron chi connectivity index (χ0n) is 12.7. The van der Waals surface area contributed by atoms with E-state index in [-0.39, 0.29) is 6.03 Å². The molecule has 0 aliphatic heterocycles. The molecule has 0 saturated heterocycles. The Hall–Kier alpha value is -2.67. The van der Waals surface area contributed by atoms with Crippen molar-refractivity contribution in [2.45, 2.75) is 13.3 Å². The number of carbonyl (C=O) groups is 1. The van der Waals surface area contributed by atoms with Crippen molar-refractivity contribution in [1.82, 2.24) is 20.1 Å². The van der Waals surface area contributed by atoms with E-state index in [0.29, 0.717) is 13.0 Å². The first-order valence-electron chi connectivity index (χ1n) is 7.26. The molecule has 0 aliphatic carbocycles. The highest BCUT2D eigenvalue weighted by Gasteiger charge is 2.05. The summed E-state index contributed by atoms with van der Waals surface area (Å²) < 4.78 is 1.73. The fourth-order valence-corrected chi connectivity index (χ4v) is 2.81. The molecule has 0 radical (unpaired) electrons. The molecule has 3 rings (SSSR count). The van der Waals surface area contributed by atoms with Crippen LogP contribution < -0.4 is 10.6 Å². The van der Waals surface area contributed by atoms with Crippen LogP contribution in [-0.4, -0.2) is 27.3 Å². The number of hydrogen-bond donors (Lipinski definition) is 2. The average molecular weight is 327 g/mol. The van der Waals surface area contributed by atoms with E-state index in [1.54, 1.807) is 10.9 Å². The Kier molecular flexibility index (Phi) is 4.68. The maximum Gasteiger partial charge on any atom is 0.319 e. The Bertz CT molecular complexity index is 764. The summed E-state index contributed by atoms with van der Waals surface area (Å²) >= 11 is 1.53. The van der Waals surface area contributed by atoms with E-state index < -0.39 is 0 Å². The monoisotopic (exact) mass is 327 g/mol. The van der Waals surface area contributed by atoms with E-state index >= 15 is 0 Å². The number of amides is 2. The number of nitrogens with zero attached hydrogens (tertiary/aromatic N) is 3. The molecule has 2 aromatic heterocycles. The Labute approximate surface area is 138 Å². The van der Waals surface area contributed by atoms with Crippen molar-refractivity contribution in [2.24, 2.45) is 0 Å². The minimum Gasteiger partial charge on any atom is -0.337 e. The molecule has 0 bridgehead atoms. The lowest BCUT2D eigenvalue weighted by molar-refractivity contribution is 0.252. The molecule has 7 heteroatoms. The van der Waals surface area contributed by atoms with Crippen molar-refractivity contribution in [2.75, 3.05) is 11.9 Å². The molecule has 2 heterocycles. The molecule has 0 saturated carbocycles. The topological polar surface area (TPSA) is 71.8 Å². The summed E-state index contributed by atoms with van der Waals surface area (Å²) in [6.07, 6.45) is 4.26. The second kappa shape index (κ2) is 7.06. The predicted molar refractivity (Wildman–Crippen MR) is 91.1 cm³/mol. The van der Waals surface area contributed by atoms with Crippen LogP contribution in [-0.2, 0) is 6.42 Å². The van der Waals surface area contributed by atoms with Gasteiger partial charge in [-0.25, -0.2) is 14.5 Å². The summed E-state index contributed by atoms with van der Waals surface area (Å²) in [4.78, 5) is 16.3. The lowest BCUT2D eigenvalue weighted by Crippen LogP contribution is -2.30. The molecule has 6 nitrogen and oxygen atoms in total. The summed E-state index contributed by atoms with van der Waals surface area (Å²) in [7, 11) is 0. The van der Waals surface area contributed by atoms with Gasteiger partial charge in [0.05, 0.1) is 5.69 Å². The molecule has 1 aromatic carbocycles. The lowest BCUT2D eigenvalue weighted by atomic mass is 10.2. The minimum absolute atomic E-state index is 0.212. The molecule has 3 aromatic rings. The number of rotatable bonds is 5. The number of benzene rings is 1. The van der Waals surface area contributed by atoms with Crippen LogP contribution in [0.1, 0.15) is 11.3 Å². The number of urea groups is 1. The maximum atomic E-state index is 11.8. The van der Waals surface area contributed by atoms with Crippen molar-refractivity contribution in [3.63, 3.8) is 0 Å². The Morgan fingerprint density at radius 2 is 2.13 bits per heavy atom. The molecule has 0 spiro atoms. The lowest BCUT2D eigenvalue weighted by Gasteiger charge is -2.07. The number of aryl methyl sites for hydroxylation is 1. The van der Waals surface area contributed by atoms with Gasteiger partial charge in [-0.15, -0.1) is 11.3 Å². The van der Waals surface area contributed by atoms with Crippen LogP contribution in [0.15, 0.2) is 48.1 Å². The third-order valence-electron chi connectivity index (χ3n) is 3.22. The summed E-state index contributed by atoms with van der Waals surface area (Å²) in [5.74, 6) is 0. The highest BCUT2D eigenvalue weighted by atomic mass is 32.1. The number of anilines is 1. The van der Waals surface area contributed by atoms with E-state index in [9.17, 15) is 4.79 Å². The largest absolute Gasteiger partial charge is 0.337 e. The first-order chi connectivity index (χ1) is 11.2. The summed E-state index contributed by atoms with van der Waals surface area (Å²) in [6.45, 7) is 2.54. The van der Waals surface area contributed by atoms with Crippen molar-refractivity contribution in [3.05, 3.63) is 59.4 Å². The normalized spacial score (nSPS) is 10.5. The van der Waals surface area contributed by atoms with Crippen LogP contribution in [0, 0.1) is 6.92 Å². The van der Waals surface area contributed by atoms with Gasteiger partial charge in [0.1, 0.15) is 0 Å². The van der Waals surface area contributed by atoms with Crippen LogP contribution in [0.25, 0.3) is 5.13 Å². The van der Waals surface area contributed by atoms with E-state index in [1.807, 2.05) is 48.8 Å². The van der Waals surface area contributed by atoms with Gasteiger partial charge in [-0.3, -0.25) is 0 Å². The second-order valence-corrected chi connectivity index (χ2v) is 5.91. The van der Waals surface area contributed by atoms with E-state index in [0.717, 1.165) is 22.1 Å². The molecule has 0 unspecified atom stereocenters. The van der Waals surface area contributed by atoms with Gasteiger partial charge in [-0.1, -0.05) is 17.7 Å². The van der Waals surface area contributed by atoms with Crippen LogP contribution >= 0.6 is 11.3 Å². The number of carbonyl (C=O) groups excluding carboxylic acids is 1. The highest BCUT2D eigenvalue weighted by Crippen LogP contribution is 2.14. The van der Waals surface area contributed by atoms with Gasteiger partial charge >= 0.3 is 6.03 Å². The first-order valence-corrected chi connectivity index (χ1v) is 8.14. The van der Waals surface area contributed by atoms with Gasteiger partial charge in [-0.05, 0) is 25.1 Å². The summed E-state index contributed by atoms with van der Waals surface area (Å²) in [5, 5.41) is 12.6. The van der Waals surface area contributed by atoms with Crippen molar-refractivity contribution < 1.29 is 4.79 Å². The quantitative estimate of drug-likeness (QED) is 0.757. The zero-order valence-corrected chi connectivity index (χ0v) is 13.5. The Morgan fingerprint density at radius 3 is 2.87 bits per heavy atom.